The summed E-state index contributed by atoms with van der Waals surface area (Å²) in [7, 11) is 0. The van der Waals surface area contributed by atoms with Gasteiger partial charge in [0.05, 0.1) is 0 Å². The molecule has 0 heterocycles. The van der Waals surface area contributed by atoms with Gasteiger partial charge in [-0.05, 0) is 5.92 Å². The molecule has 0 unspecified atom stereocenters. The van der Waals surface area contributed by atoms with Gasteiger partial charge < -0.3 is 20.4 Å². The van der Waals surface area contributed by atoms with Crippen LogP contribution in [0, 0.1) is 5.92 Å². The van der Waals surface area contributed by atoms with Crippen LogP contribution in [0.15, 0.2) is 0 Å². The highest BCUT2D eigenvalue weighted by molar-refractivity contribution is 5.53. The Labute approximate surface area is 130 Å². The molecule has 0 rings (SSSR count). The van der Waals surface area contributed by atoms with Crippen molar-refractivity contribution in [2.24, 2.45) is 5.92 Å². The Morgan fingerprint density at radius 2 is 0.619 bits per heavy atom. The Hall–Kier alpha value is -1.46. The molecule has 0 aromatic heterocycles. The van der Waals surface area contributed by atoms with Gasteiger partial charge in [0.15, 0.2) is 0 Å². The summed E-state index contributed by atoms with van der Waals surface area (Å²) >= 11 is 0. The van der Waals surface area contributed by atoms with Gasteiger partial charge in [-0.2, -0.15) is 0 Å². The third kappa shape index (κ3) is 2380. The highest BCUT2D eigenvalue weighted by Crippen LogP contribution is 1.81. The molecule has 21 heavy (non-hydrogen) atoms. The molecular weight excluding hydrogens is 276 g/mol. The lowest BCUT2D eigenvalue weighted by molar-refractivity contribution is 0.135. The molecule has 6 heteroatoms. The Morgan fingerprint density at radius 3 is 0.619 bits per heavy atom. The van der Waals surface area contributed by atoms with Crippen LogP contribution in [-0.2, 0) is 0 Å². The third-order valence-electron chi connectivity index (χ3n) is 0. The second-order valence-corrected chi connectivity index (χ2v) is 4.42. The van der Waals surface area contributed by atoms with E-state index < -0.39 is 12.3 Å². The van der Waals surface area contributed by atoms with Gasteiger partial charge in [0.2, 0.25) is 0 Å². The fourth-order valence-electron chi connectivity index (χ4n) is 0. The summed E-state index contributed by atoms with van der Waals surface area (Å²) in [5, 5.41) is 27.9. The predicted molar refractivity (Wildman–Crippen MR) is 89.7 cm³/mol. The first-order valence-electron chi connectivity index (χ1n) is 7.28. The van der Waals surface area contributed by atoms with Crippen LogP contribution in [0.5, 0.6) is 0 Å². The van der Waals surface area contributed by atoms with Crippen molar-refractivity contribution in [3.05, 3.63) is 0 Å². The molecule has 134 valence electrons. The maximum atomic E-state index is 8.56. The maximum absolute atomic E-state index is 8.56. The van der Waals surface area contributed by atoms with Crippen molar-refractivity contribution in [2.75, 3.05) is 0 Å². The minimum Gasteiger partial charge on any atom is -0.450 e. The molecule has 0 aliphatic rings. The summed E-state index contributed by atoms with van der Waals surface area (Å²) in [4.78, 5) is 17.1. The second-order valence-electron chi connectivity index (χ2n) is 4.42. The second kappa shape index (κ2) is 51.3. The van der Waals surface area contributed by atoms with Crippen molar-refractivity contribution in [3.63, 3.8) is 0 Å². The van der Waals surface area contributed by atoms with Crippen molar-refractivity contribution < 1.29 is 30.0 Å². The summed E-state index contributed by atoms with van der Waals surface area (Å²) in [6.45, 7) is 19.2. The summed E-state index contributed by atoms with van der Waals surface area (Å²) < 4.78 is 0. The first-order valence-corrected chi connectivity index (χ1v) is 7.28. The number of hydrogen-bond donors (Lipinski definition) is 4. The van der Waals surface area contributed by atoms with Gasteiger partial charge in [0.25, 0.3) is 0 Å². The van der Waals surface area contributed by atoms with Crippen molar-refractivity contribution in [2.45, 2.75) is 81.6 Å². The molecule has 0 saturated carbocycles. The fourth-order valence-corrected chi connectivity index (χ4v) is 0. The van der Waals surface area contributed by atoms with Crippen molar-refractivity contribution >= 4 is 12.3 Å². The monoisotopic (exact) mass is 314 g/mol. The highest BCUT2D eigenvalue weighted by atomic mass is 16.6. The lowest BCUT2D eigenvalue weighted by Crippen LogP contribution is -1.81. The van der Waals surface area contributed by atoms with Crippen LogP contribution in [0.2, 0.25) is 0 Å². The first kappa shape index (κ1) is 36.6. The van der Waals surface area contributed by atoms with Gasteiger partial charge in [-0.1, -0.05) is 81.6 Å². The minimum absolute atomic E-state index is 0.833. The molecule has 0 bridgehead atoms. The lowest BCUT2D eigenvalue weighted by atomic mass is 10.3. The molecule has 0 atom stereocenters. The molecule has 0 aliphatic carbocycles. The normalized spacial score (nSPS) is 6.57. The average Bonchev–Trinajstić information content (AvgIpc) is 2.16. The van der Waals surface area contributed by atoms with E-state index in [0.717, 1.165) is 5.92 Å². The Kier molecular flexibility index (Phi) is 89.6. The van der Waals surface area contributed by atoms with Gasteiger partial charge in [-0.15, -0.1) is 0 Å². The molecule has 4 N–H and O–H groups in total. The molecule has 0 radical (unpaired) electrons. The Bertz CT molecular complexity index is 131. The van der Waals surface area contributed by atoms with E-state index in [4.69, 9.17) is 30.0 Å². The molecule has 0 spiro atoms. The molecule has 6 nitrogen and oxygen atoms in total. The summed E-state index contributed by atoms with van der Waals surface area (Å²) in [5.41, 5.74) is 0. The van der Waals surface area contributed by atoms with Crippen LogP contribution in [0.25, 0.3) is 0 Å². The highest BCUT2D eigenvalue weighted by Gasteiger charge is 1.70. The summed E-state index contributed by atoms with van der Waals surface area (Å²) in [6.07, 6.45) is 0.0833. The summed E-state index contributed by atoms with van der Waals surface area (Å²) in [5.74, 6) is 0.833. The van der Waals surface area contributed by atoms with E-state index in [0.29, 0.717) is 0 Å². The quantitative estimate of drug-likeness (QED) is 0.413. The SMILES string of the molecule is CC(C)C.CCC.CCC.CCC.O=C(O)O.O=C(O)O. The van der Waals surface area contributed by atoms with Crippen LogP contribution in [0.4, 0.5) is 9.59 Å². The molecule has 0 aromatic carbocycles. The standard InChI is InChI=1S/C4H10.3C3H8.2CH2O3/c1-4(2)3;3*1-3-2;2*2-1(3)4/h4H,1-3H3;3*3H2,1-2H3;2*(H2,2,3,4). The first-order chi connectivity index (χ1) is 9.44. The van der Waals surface area contributed by atoms with Gasteiger partial charge >= 0.3 is 12.3 Å². The van der Waals surface area contributed by atoms with Gasteiger partial charge in [0, 0.05) is 0 Å². The van der Waals surface area contributed by atoms with Crippen molar-refractivity contribution in [1.29, 1.82) is 0 Å². The molecule has 0 aliphatic heterocycles. The largest absolute Gasteiger partial charge is 0.503 e. The zero-order valence-electron chi connectivity index (χ0n) is 15.3. The van der Waals surface area contributed by atoms with E-state index in [2.05, 4.69) is 62.3 Å². The van der Waals surface area contributed by atoms with E-state index >= 15 is 0 Å². The number of rotatable bonds is 0. The summed E-state index contributed by atoms with van der Waals surface area (Å²) in [6, 6.07) is 0. The smallest absolute Gasteiger partial charge is 0.450 e. The van der Waals surface area contributed by atoms with E-state index in [1.807, 2.05) is 0 Å². The number of carbonyl (C=O) groups is 2. The number of hydrogen-bond acceptors (Lipinski definition) is 2. The van der Waals surface area contributed by atoms with E-state index in [1.165, 1.54) is 19.3 Å². The Morgan fingerprint density at radius 1 is 0.619 bits per heavy atom. The molecule has 0 amide bonds. The van der Waals surface area contributed by atoms with Gasteiger partial charge in [-0.25, -0.2) is 9.59 Å². The van der Waals surface area contributed by atoms with Crippen LogP contribution in [0.1, 0.15) is 81.6 Å². The van der Waals surface area contributed by atoms with E-state index in [1.54, 1.807) is 0 Å². The van der Waals surface area contributed by atoms with Crippen LogP contribution >= 0.6 is 0 Å². The third-order valence-corrected chi connectivity index (χ3v) is 0. The molecule has 0 aromatic rings. The lowest BCUT2D eigenvalue weighted by Gasteiger charge is -1.79. The van der Waals surface area contributed by atoms with Crippen LogP contribution in [-0.4, -0.2) is 32.7 Å². The van der Waals surface area contributed by atoms with Crippen LogP contribution < -0.4 is 0 Å². The van der Waals surface area contributed by atoms with Crippen molar-refractivity contribution in [1.82, 2.24) is 0 Å². The Balaban J connectivity index is -0.0000000324. The zero-order chi connectivity index (χ0) is 18.9. The van der Waals surface area contributed by atoms with Gasteiger partial charge in [-0.3, -0.25) is 0 Å². The average molecular weight is 314 g/mol. The van der Waals surface area contributed by atoms with E-state index in [9.17, 15) is 0 Å². The molecule has 0 saturated heterocycles. The fraction of sp³-hybridized carbons (Fsp3) is 0.867. The molecular formula is C15H38O6. The minimum atomic E-state index is -1.83. The topological polar surface area (TPSA) is 115 Å². The number of carboxylic acid groups (broad SMARTS) is 4. The van der Waals surface area contributed by atoms with Gasteiger partial charge in [0.1, 0.15) is 0 Å². The van der Waals surface area contributed by atoms with Crippen LogP contribution in [0.3, 0.4) is 0 Å². The van der Waals surface area contributed by atoms with Crippen molar-refractivity contribution in [3.8, 4) is 0 Å². The van der Waals surface area contributed by atoms with E-state index in [-0.39, 0.29) is 0 Å². The predicted octanol–water partition coefficient (Wildman–Crippen LogP) is 6.36. The maximum Gasteiger partial charge on any atom is 0.503 e. The zero-order valence-corrected chi connectivity index (χ0v) is 15.3. The molecule has 0 fully saturated rings.